The van der Waals surface area contributed by atoms with Gasteiger partial charge in [0.2, 0.25) is 5.91 Å². The second kappa shape index (κ2) is 6.36. The zero-order valence-electron chi connectivity index (χ0n) is 11.6. The Morgan fingerprint density at radius 2 is 2.05 bits per heavy atom. The molecule has 6 heteroatoms. The molecule has 0 unspecified atom stereocenters. The SMILES string of the molecule is Cc1cc(C(=O)O)cc(NCCC(=O)N2CCCC2)n1. The molecule has 0 saturated carbocycles. The maximum absolute atomic E-state index is 11.8. The van der Waals surface area contributed by atoms with Crippen molar-refractivity contribution in [2.45, 2.75) is 26.2 Å². The van der Waals surface area contributed by atoms with E-state index >= 15 is 0 Å². The second-order valence-electron chi connectivity index (χ2n) is 4.95. The topological polar surface area (TPSA) is 82.5 Å². The lowest BCUT2D eigenvalue weighted by atomic mass is 10.2. The highest BCUT2D eigenvalue weighted by atomic mass is 16.4. The van der Waals surface area contributed by atoms with Crippen molar-refractivity contribution < 1.29 is 14.7 Å². The number of aryl methyl sites for hydroxylation is 1. The normalized spacial score (nSPS) is 14.3. The van der Waals surface area contributed by atoms with Gasteiger partial charge in [-0.05, 0) is 31.9 Å². The Bertz CT molecular complexity index is 510. The molecule has 0 aliphatic carbocycles. The summed E-state index contributed by atoms with van der Waals surface area (Å²) in [6, 6.07) is 3.00. The fraction of sp³-hybridized carbons (Fsp3) is 0.500. The monoisotopic (exact) mass is 277 g/mol. The van der Waals surface area contributed by atoms with Crippen LogP contribution >= 0.6 is 0 Å². The van der Waals surface area contributed by atoms with E-state index in [1.165, 1.54) is 12.1 Å². The third-order valence-electron chi connectivity index (χ3n) is 3.30. The Kier molecular flexibility index (Phi) is 4.55. The zero-order valence-corrected chi connectivity index (χ0v) is 11.6. The summed E-state index contributed by atoms with van der Waals surface area (Å²) in [5, 5.41) is 12.0. The van der Waals surface area contributed by atoms with Gasteiger partial charge in [0.05, 0.1) is 5.56 Å². The molecular weight excluding hydrogens is 258 g/mol. The predicted octanol–water partition coefficient (Wildman–Crippen LogP) is 1.51. The van der Waals surface area contributed by atoms with Gasteiger partial charge < -0.3 is 15.3 Å². The third kappa shape index (κ3) is 3.69. The summed E-state index contributed by atoms with van der Waals surface area (Å²) in [5.41, 5.74) is 0.837. The summed E-state index contributed by atoms with van der Waals surface area (Å²) in [6.07, 6.45) is 2.57. The van der Waals surface area contributed by atoms with E-state index < -0.39 is 5.97 Å². The molecule has 2 rings (SSSR count). The molecule has 2 heterocycles. The summed E-state index contributed by atoms with van der Waals surface area (Å²) in [4.78, 5) is 28.9. The Morgan fingerprint density at radius 3 is 2.70 bits per heavy atom. The standard InChI is InChI=1S/C14H19N3O3/c1-10-8-11(14(19)20)9-12(16-10)15-5-4-13(18)17-6-2-3-7-17/h8-9H,2-7H2,1H3,(H,15,16)(H,19,20). The lowest BCUT2D eigenvalue weighted by Crippen LogP contribution is -2.29. The minimum atomic E-state index is -0.980. The number of hydrogen-bond donors (Lipinski definition) is 2. The molecule has 1 aliphatic heterocycles. The summed E-state index contributed by atoms with van der Waals surface area (Å²) >= 11 is 0. The van der Waals surface area contributed by atoms with Gasteiger partial charge in [0.1, 0.15) is 5.82 Å². The van der Waals surface area contributed by atoms with Gasteiger partial charge >= 0.3 is 5.97 Å². The molecule has 1 aromatic rings. The lowest BCUT2D eigenvalue weighted by molar-refractivity contribution is -0.129. The van der Waals surface area contributed by atoms with Crippen LogP contribution in [0.1, 0.15) is 35.3 Å². The van der Waals surface area contributed by atoms with Gasteiger partial charge in [0.25, 0.3) is 0 Å². The highest BCUT2D eigenvalue weighted by molar-refractivity contribution is 5.88. The predicted molar refractivity (Wildman–Crippen MR) is 74.9 cm³/mol. The number of pyridine rings is 1. The molecule has 1 aromatic heterocycles. The van der Waals surface area contributed by atoms with E-state index in [9.17, 15) is 9.59 Å². The van der Waals surface area contributed by atoms with Crippen molar-refractivity contribution >= 4 is 17.7 Å². The number of aromatic nitrogens is 1. The Balaban J connectivity index is 1.87. The van der Waals surface area contributed by atoms with Crippen molar-refractivity contribution in [1.29, 1.82) is 0 Å². The first-order chi connectivity index (χ1) is 9.56. The lowest BCUT2D eigenvalue weighted by Gasteiger charge is -2.15. The number of carboxylic acid groups (broad SMARTS) is 1. The van der Waals surface area contributed by atoms with Crippen LogP contribution in [0.3, 0.4) is 0 Å². The number of likely N-dealkylation sites (tertiary alicyclic amines) is 1. The molecule has 6 nitrogen and oxygen atoms in total. The van der Waals surface area contributed by atoms with Crippen LogP contribution in [0.4, 0.5) is 5.82 Å². The number of nitrogens with one attached hydrogen (secondary N) is 1. The second-order valence-corrected chi connectivity index (χ2v) is 4.95. The molecule has 0 aromatic carbocycles. The number of carboxylic acids is 1. The van der Waals surface area contributed by atoms with Crippen LogP contribution in [0.5, 0.6) is 0 Å². The number of anilines is 1. The Labute approximate surface area is 117 Å². The van der Waals surface area contributed by atoms with Crippen molar-refractivity contribution in [1.82, 2.24) is 9.88 Å². The number of nitrogens with zero attached hydrogens (tertiary/aromatic N) is 2. The summed E-state index contributed by atoms with van der Waals surface area (Å²) < 4.78 is 0. The molecule has 108 valence electrons. The molecule has 1 amide bonds. The number of rotatable bonds is 5. The fourth-order valence-electron chi connectivity index (χ4n) is 2.30. The van der Waals surface area contributed by atoms with Crippen molar-refractivity contribution in [3.05, 3.63) is 23.4 Å². The first-order valence-corrected chi connectivity index (χ1v) is 6.80. The molecule has 1 saturated heterocycles. The third-order valence-corrected chi connectivity index (χ3v) is 3.30. The Morgan fingerprint density at radius 1 is 1.35 bits per heavy atom. The number of carbonyl (C=O) groups is 2. The van der Waals surface area contributed by atoms with E-state index in [2.05, 4.69) is 10.3 Å². The number of aromatic carboxylic acids is 1. The van der Waals surface area contributed by atoms with Gasteiger partial charge in [-0.2, -0.15) is 0 Å². The Hall–Kier alpha value is -2.11. The largest absolute Gasteiger partial charge is 0.478 e. The number of carbonyl (C=O) groups excluding carboxylic acids is 1. The van der Waals surface area contributed by atoms with Gasteiger partial charge in [-0.1, -0.05) is 0 Å². The number of amides is 1. The van der Waals surface area contributed by atoms with Gasteiger partial charge in [-0.3, -0.25) is 4.79 Å². The van der Waals surface area contributed by atoms with Crippen LogP contribution in [0.15, 0.2) is 12.1 Å². The van der Waals surface area contributed by atoms with Crippen molar-refractivity contribution in [2.75, 3.05) is 25.0 Å². The van der Waals surface area contributed by atoms with E-state index in [1.54, 1.807) is 6.92 Å². The highest BCUT2D eigenvalue weighted by Crippen LogP contribution is 2.11. The van der Waals surface area contributed by atoms with Gasteiger partial charge in [-0.25, -0.2) is 9.78 Å². The summed E-state index contributed by atoms with van der Waals surface area (Å²) in [6.45, 7) is 3.91. The molecule has 0 bridgehead atoms. The molecule has 0 radical (unpaired) electrons. The molecule has 0 atom stereocenters. The minimum Gasteiger partial charge on any atom is -0.478 e. The first-order valence-electron chi connectivity index (χ1n) is 6.80. The van der Waals surface area contributed by atoms with Gasteiger partial charge in [0.15, 0.2) is 0 Å². The quantitative estimate of drug-likeness (QED) is 0.852. The van der Waals surface area contributed by atoms with Gasteiger partial charge in [-0.15, -0.1) is 0 Å². The first kappa shape index (κ1) is 14.3. The average molecular weight is 277 g/mol. The highest BCUT2D eigenvalue weighted by Gasteiger charge is 2.17. The maximum atomic E-state index is 11.8. The molecule has 2 N–H and O–H groups in total. The van der Waals surface area contributed by atoms with E-state index in [0.29, 0.717) is 24.5 Å². The number of hydrogen-bond acceptors (Lipinski definition) is 4. The van der Waals surface area contributed by atoms with Crippen molar-refractivity contribution in [3.63, 3.8) is 0 Å². The van der Waals surface area contributed by atoms with Crippen molar-refractivity contribution in [2.24, 2.45) is 0 Å². The molecular formula is C14H19N3O3. The summed E-state index contributed by atoms with van der Waals surface area (Å²) in [7, 11) is 0. The van der Waals surface area contributed by atoms with Crippen LogP contribution in [0.2, 0.25) is 0 Å². The van der Waals surface area contributed by atoms with E-state index in [-0.39, 0.29) is 11.5 Å². The molecule has 0 spiro atoms. The van der Waals surface area contributed by atoms with E-state index in [4.69, 9.17) is 5.11 Å². The smallest absolute Gasteiger partial charge is 0.335 e. The van der Waals surface area contributed by atoms with E-state index in [1.807, 2.05) is 4.90 Å². The zero-order chi connectivity index (χ0) is 14.5. The van der Waals surface area contributed by atoms with Crippen molar-refractivity contribution in [3.8, 4) is 0 Å². The summed E-state index contributed by atoms with van der Waals surface area (Å²) in [5.74, 6) is -0.343. The molecule has 1 aliphatic rings. The van der Waals surface area contributed by atoms with Gasteiger partial charge in [0, 0.05) is 31.7 Å². The van der Waals surface area contributed by atoms with Crippen LogP contribution in [-0.4, -0.2) is 46.5 Å². The van der Waals surface area contributed by atoms with Crippen LogP contribution in [-0.2, 0) is 4.79 Å². The van der Waals surface area contributed by atoms with Crippen LogP contribution in [0.25, 0.3) is 0 Å². The van der Waals surface area contributed by atoms with E-state index in [0.717, 1.165) is 25.9 Å². The van der Waals surface area contributed by atoms with Crippen LogP contribution in [0, 0.1) is 6.92 Å². The minimum absolute atomic E-state index is 0.140. The molecule has 20 heavy (non-hydrogen) atoms. The fourth-order valence-corrected chi connectivity index (χ4v) is 2.30. The maximum Gasteiger partial charge on any atom is 0.335 e. The van der Waals surface area contributed by atoms with Crippen LogP contribution < -0.4 is 5.32 Å². The average Bonchev–Trinajstić information content (AvgIpc) is 2.91. The molecule has 1 fully saturated rings.